The number of hydrogen-bond acceptors (Lipinski definition) is 4. The van der Waals surface area contributed by atoms with Crippen molar-refractivity contribution >= 4 is 17.0 Å². The summed E-state index contributed by atoms with van der Waals surface area (Å²) in [5, 5.41) is 1.38. The number of carbonyl (C=O) groups is 1. The number of hydrogen-bond donors (Lipinski definition) is 1. The maximum absolute atomic E-state index is 12.5. The predicted molar refractivity (Wildman–Crippen MR) is 135 cm³/mol. The summed E-state index contributed by atoms with van der Waals surface area (Å²) in [6.07, 6.45) is 6.60. The van der Waals surface area contributed by atoms with Crippen molar-refractivity contribution in [2.24, 2.45) is 5.92 Å². The van der Waals surface area contributed by atoms with E-state index in [2.05, 4.69) is 59.3 Å². The molecule has 182 valence electrons. The maximum Gasteiger partial charge on any atom is 0.410 e. The molecule has 0 aliphatic carbocycles. The molecule has 1 aromatic carbocycles. The van der Waals surface area contributed by atoms with E-state index in [4.69, 9.17) is 4.74 Å². The third-order valence-corrected chi connectivity index (χ3v) is 7.35. The molecule has 1 atom stereocenters. The molecule has 0 bridgehead atoms. The number of rotatable bonds is 5. The summed E-state index contributed by atoms with van der Waals surface area (Å²) >= 11 is 0. The van der Waals surface area contributed by atoms with Crippen molar-refractivity contribution in [3.8, 4) is 0 Å². The molecule has 4 rings (SSSR count). The minimum Gasteiger partial charge on any atom is -0.444 e. The Bertz CT molecular complexity index is 916. The molecule has 0 saturated carbocycles. The van der Waals surface area contributed by atoms with E-state index < -0.39 is 5.60 Å². The van der Waals surface area contributed by atoms with Crippen molar-refractivity contribution < 1.29 is 9.53 Å². The van der Waals surface area contributed by atoms with Crippen LogP contribution < -0.4 is 0 Å². The molecule has 2 aromatic rings. The fourth-order valence-electron chi connectivity index (χ4n) is 5.70. The number of ether oxygens (including phenoxy) is 1. The van der Waals surface area contributed by atoms with E-state index in [1.54, 1.807) is 0 Å². The molecule has 1 unspecified atom stereocenters. The number of fused-ring (bicyclic) bond motifs is 1. The van der Waals surface area contributed by atoms with Gasteiger partial charge in [-0.05, 0) is 97.1 Å². The zero-order valence-electron chi connectivity index (χ0n) is 21.1. The van der Waals surface area contributed by atoms with E-state index in [1.165, 1.54) is 29.3 Å². The van der Waals surface area contributed by atoms with Crippen molar-refractivity contribution in [2.75, 3.05) is 46.8 Å². The Morgan fingerprint density at radius 1 is 1.09 bits per heavy atom. The van der Waals surface area contributed by atoms with Crippen molar-refractivity contribution in [3.05, 3.63) is 36.0 Å². The monoisotopic (exact) mass is 454 g/mol. The largest absolute Gasteiger partial charge is 0.444 e. The molecule has 2 aliphatic rings. The van der Waals surface area contributed by atoms with Crippen LogP contribution in [0, 0.1) is 5.92 Å². The van der Waals surface area contributed by atoms with Gasteiger partial charge in [-0.3, -0.25) is 4.90 Å². The fourth-order valence-corrected chi connectivity index (χ4v) is 5.70. The second-order valence-corrected chi connectivity index (χ2v) is 11.2. The molecule has 2 fully saturated rings. The number of para-hydroxylation sites is 1. The number of nitrogens with one attached hydrogen (secondary N) is 1. The van der Waals surface area contributed by atoms with Gasteiger partial charge in [0, 0.05) is 42.8 Å². The summed E-state index contributed by atoms with van der Waals surface area (Å²) in [5.74, 6) is 1.25. The van der Waals surface area contributed by atoms with Crippen LogP contribution in [0.2, 0.25) is 0 Å². The van der Waals surface area contributed by atoms with Crippen molar-refractivity contribution in [3.63, 3.8) is 0 Å². The minimum absolute atomic E-state index is 0.162. The van der Waals surface area contributed by atoms with Gasteiger partial charge < -0.3 is 19.5 Å². The number of likely N-dealkylation sites (tertiary alicyclic amines) is 2. The van der Waals surface area contributed by atoms with Crippen LogP contribution in [0.15, 0.2) is 30.5 Å². The predicted octanol–water partition coefficient (Wildman–Crippen LogP) is 4.92. The number of amides is 1. The number of piperidine rings is 2. The van der Waals surface area contributed by atoms with E-state index in [1.807, 2.05) is 25.7 Å². The SMILES string of the molecule is CN(C)CC(C1CCN(C(=O)OC(C)(C)C)CC1)N1CCC(c2c[nH]c3ccccc23)CC1. The first-order valence-corrected chi connectivity index (χ1v) is 12.6. The molecular formula is C27H42N4O2. The molecule has 1 N–H and O–H groups in total. The van der Waals surface area contributed by atoms with Crippen LogP contribution in [0.1, 0.15) is 57.9 Å². The van der Waals surface area contributed by atoms with Gasteiger partial charge in [0.2, 0.25) is 0 Å². The van der Waals surface area contributed by atoms with Crippen LogP contribution in [0.5, 0.6) is 0 Å². The Morgan fingerprint density at radius 3 is 2.39 bits per heavy atom. The molecular weight excluding hydrogens is 412 g/mol. The number of aromatic nitrogens is 1. The van der Waals surface area contributed by atoms with Gasteiger partial charge in [0.25, 0.3) is 0 Å². The number of benzene rings is 1. The summed E-state index contributed by atoms with van der Waals surface area (Å²) in [6.45, 7) is 10.8. The second kappa shape index (κ2) is 10.1. The lowest BCUT2D eigenvalue weighted by atomic mass is 9.84. The Hall–Kier alpha value is -2.05. The molecule has 6 heteroatoms. The number of carbonyl (C=O) groups excluding carboxylic acids is 1. The van der Waals surface area contributed by atoms with Gasteiger partial charge in [0.05, 0.1) is 0 Å². The lowest BCUT2D eigenvalue weighted by molar-refractivity contribution is 0.00899. The Labute approximate surface area is 199 Å². The van der Waals surface area contributed by atoms with Crippen molar-refractivity contribution in [1.29, 1.82) is 0 Å². The van der Waals surface area contributed by atoms with Crippen LogP contribution in [0.25, 0.3) is 10.9 Å². The van der Waals surface area contributed by atoms with Gasteiger partial charge in [-0.2, -0.15) is 0 Å². The van der Waals surface area contributed by atoms with Gasteiger partial charge in [-0.15, -0.1) is 0 Å². The van der Waals surface area contributed by atoms with E-state index in [0.717, 1.165) is 45.6 Å². The highest BCUT2D eigenvalue weighted by atomic mass is 16.6. The average molecular weight is 455 g/mol. The lowest BCUT2D eigenvalue weighted by Gasteiger charge is -2.45. The quantitative estimate of drug-likeness (QED) is 0.696. The molecule has 2 saturated heterocycles. The molecule has 1 aromatic heterocycles. The average Bonchev–Trinajstić information content (AvgIpc) is 3.21. The zero-order chi connectivity index (χ0) is 23.6. The number of H-pyrrole nitrogens is 1. The minimum atomic E-state index is -0.434. The highest BCUT2D eigenvalue weighted by Crippen LogP contribution is 2.35. The zero-order valence-corrected chi connectivity index (χ0v) is 21.1. The maximum atomic E-state index is 12.5. The summed E-state index contributed by atoms with van der Waals surface area (Å²) in [6, 6.07) is 9.21. The molecule has 6 nitrogen and oxygen atoms in total. The Balaban J connectivity index is 1.36. The van der Waals surface area contributed by atoms with E-state index in [0.29, 0.717) is 17.9 Å². The third-order valence-electron chi connectivity index (χ3n) is 7.35. The van der Waals surface area contributed by atoms with Crippen LogP contribution in [-0.2, 0) is 4.74 Å². The van der Waals surface area contributed by atoms with Gasteiger partial charge >= 0.3 is 6.09 Å². The van der Waals surface area contributed by atoms with Crippen LogP contribution >= 0.6 is 0 Å². The summed E-state index contributed by atoms with van der Waals surface area (Å²) in [7, 11) is 4.36. The van der Waals surface area contributed by atoms with E-state index >= 15 is 0 Å². The summed E-state index contributed by atoms with van der Waals surface area (Å²) < 4.78 is 5.60. The number of aromatic amines is 1. The normalized spacial score (nSPS) is 20.5. The van der Waals surface area contributed by atoms with Gasteiger partial charge in [-0.1, -0.05) is 18.2 Å². The lowest BCUT2D eigenvalue weighted by Crippen LogP contribution is -2.52. The van der Waals surface area contributed by atoms with Crippen LogP contribution in [-0.4, -0.2) is 84.2 Å². The first-order valence-electron chi connectivity index (χ1n) is 12.6. The second-order valence-electron chi connectivity index (χ2n) is 11.2. The standard InChI is InChI=1S/C27H42N4O2/c1-27(2,3)33-26(32)31-16-12-21(13-17-31)25(19-29(4)5)30-14-10-20(11-15-30)23-18-28-24-9-7-6-8-22(23)24/h6-9,18,20-21,25,28H,10-17,19H2,1-5H3. The fraction of sp³-hybridized carbons (Fsp3) is 0.667. The highest BCUT2D eigenvalue weighted by Gasteiger charge is 2.35. The van der Waals surface area contributed by atoms with Gasteiger partial charge in [-0.25, -0.2) is 4.79 Å². The first kappa shape index (κ1) is 24.1. The van der Waals surface area contributed by atoms with Crippen LogP contribution in [0.3, 0.4) is 0 Å². The molecule has 0 spiro atoms. The van der Waals surface area contributed by atoms with E-state index in [-0.39, 0.29) is 6.09 Å². The molecule has 3 heterocycles. The highest BCUT2D eigenvalue weighted by molar-refractivity contribution is 5.83. The van der Waals surface area contributed by atoms with Crippen LogP contribution in [0.4, 0.5) is 4.79 Å². The smallest absolute Gasteiger partial charge is 0.410 e. The first-order chi connectivity index (χ1) is 15.7. The third kappa shape index (κ3) is 5.90. The topological polar surface area (TPSA) is 51.8 Å². The van der Waals surface area contributed by atoms with Crippen molar-refractivity contribution in [2.45, 2.75) is 64.0 Å². The molecule has 33 heavy (non-hydrogen) atoms. The Kier molecular flexibility index (Phi) is 7.34. The molecule has 0 radical (unpaired) electrons. The molecule has 2 aliphatic heterocycles. The summed E-state index contributed by atoms with van der Waals surface area (Å²) in [4.78, 5) is 22.9. The van der Waals surface area contributed by atoms with Crippen molar-refractivity contribution in [1.82, 2.24) is 19.7 Å². The summed E-state index contributed by atoms with van der Waals surface area (Å²) in [5.41, 5.74) is 2.30. The van der Waals surface area contributed by atoms with Gasteiger partial charge in [0.1, 0.15) is 5.60 Å². The number of likely N-dealkylation sites (N-methyl/N-ethyl adjacent to an activating group) is 1. The molecule has 1 amide bonds. The Morgan fingerprint density at radius 2 is 1.76 bits per heavy atom. The van der Waals surface area contributed by atoms with E-state index in [9.17, 15) is 4.79 Å². The number of nitrogens with zero attached hydrogens (tertiary/aromatic N) is 3. The van der Waals surface area contributed by atoms with Gasteiger partial charge in [0.15, 0.2) is 0 Å².